The highest BCUT2D eigenvalue weighted by atomic mass is 32.2. The zero-order valence-corrected chi connectivity index (χ0v) is 17.7. The zero-order valence-electron chi connectivity index (χ0n) is 15.3. The molecule has 9 heteroatoms. The molecule has 0 saturated carbocycles. The van der Waals surface area contributed by atoms with Crippen LogP contribution in [0, 0.1) is 0 Å². The topological polar surface area (TPSA) is 83.9 Å². The van der Waals surface area contributed by atoms with Gasteiger partial charge in [-0.2, -0.15) is 12.8 Å². The minimum atomic E-state index is -3.86. The van der Waals surface area contributed by atoms with E-state index in [1.54, 1.807) is 49.8 Å². The smallest absolute Gasteiger partial charge is 0.292 e. The third-order valence-electron chi connectivity index (χ3n) is 3.98. The molecular formula is C19H18N2O4S3. The van der Waals surface area contributed by atoms with Crippen LogP contribution in [0.15, 0.2) is 61.4 Å². The number of hydrogen-bond acceptors (Lipinski definition) is 6. The first-order valence-corrected chi connectivity index (χ1v) is 11.7. The van der Waals surface area contributed by atoms with Gasteiger partial charge >= 0.3 is 0 Å². The van der Waals surface area contributed by atoms with Crippen LogP contribution in [0.5, 0.6) is 0 Å². The molecule has 28 heavy (non-hydrogen) atoms. The van der Waals surface area contributed by atoms with E-state index in [1.165, 1.54) is 28.8 Å². The van der Waals surface area contributed by atoms with Crippen molar-refractivity contribution in [1.29, 1.82) is 0 Å². The predicted octanol–water partition coefficient (Wildman–Crippen LogP) is 3.22. The normalized spacial score (nSPS) is 15.3. The summed E-state index contributed by atoms with van der Waals surface area (Å²) in [6, 6.07) is 9.95. The van der Waals surface area contributed by atoms with E-state index >= 15 is 0 Å². The standard InChI is InChI=1S/C19H18N2O4S3/c1-21(2)17(22)9-11-26-16-12-15(13-6-3-4-7-14(13)19(16)23)20-28(24,25)18-8-5-10-27-18/h3-8,10,12H,9,11H2,1-2H3/b20-15+. The van der Waals surface area contributed by atoms with E-state index in [1.807, 2.05) is 0 Å². The molecule has 1 aromatic carbocycles. The summed E-state index contributed by atoms with van der Waals surface area (Å²) in [7, 11) is -0.515. The highest BCUT2D eigenvalue weighted by Crippen LogP contribution is 2.30. The van der Waals surface area contributed by atoms with E-state index in [0.717, 1.165) is 11.3 Å². The van der Waals surface area contributed by atoms with Crippen LogP contribution >= 0.6 is 23.1 Å². The van der Waals surface area contributed by atoms with E-state index in [2.05, 4.69) is 4.40 Å². The maximum absolute atomic E-state index is 12.8. The number of sulfonamides is 1. The maximum atomic E-state index is 12.8. The summed E-state index contributed by atoms with van der Waals surface area (Å²) in [4.78, 5) is 26.4. The van der Waals surface area contributed by atoms with Crippen LogP contribution < -0.4 is 0 Å². The second-order valence-corrected chi connectivity index (χ2v) is 10.1. The SMILES string of the molecule is CN(C)C(=O)CCSC1=C/C(=N\S(=O)(=O)c2cccs2)c2ccccc2C1=O. The Bertz CT molecular complexity index is 1070. The molecule has 0 saturated heterocycles. The van der Waals surface area contributed by atoms with Crippen LogP contribution in [0.1, 0.15) is 22.3 Å². The Morgan fingerprint density at radius 2 is 1.86 bits per heavy atom. The number of benzene rings is 1. The Kier molecular flexibility index (Phi) is 6.17. The van der Waals surface area contributed by atoms with Crippen molar-refractivity contribution in [3.8, 4) is 0 Å². The average molecular weight is 435 g/mol. The Morgan fingerprint density at radius 1 is 1.14 bits per heavy atom. The average Bonchev–Trinajstić information content (AvgIpc) is 3.20. The molecule has 2 aromatic rings. The third-order valence-corrected chi connectivity index (χ3v) is 7.67. The van der Waals surface area contributed by atoms with Gasteiger partial charge in [-0.15, -0.1) is 23.1 Å². The molecule has 3 rings (SSSR count). The number of rotatable bonds is 6. The number of fused-ring (bicyclic) bond motifs is 1. The number of amides is 1. The van der Waals surface area contributed by atoms with Gasteiger partial charge in [-0.05, 0) is 17.5 Å². The molecule has 6 nitrogen and oxygen atoms in total. The molecule has 0 fully saturated rings. The molecule has 1 heterocycles. The van der Waals surface area contributed by atoms with Crippen molar-refractivity contribution >= 4 is 50.5 Å². The summed E-state index contributed by atoms with van der Waals surface area (Å²) < 4.78 is 29.3. The van der Waals surface area contributed by atoms with Gasteiger partial charge in [-0.3, -0.25) is 9.59 Å². The fourth-order valence-corrected chi connectivity index (χ4v) is 5.44. The van der Waals surface area contributed by atoms with Gasteiger partial charge in [0, 0.05) is 37.4 Å². The lowest BCUT2D eigenvalue weighted by Gasteiger charge is -2.17. The Morgan fingerprint density at radius 3 is 2.50 bits per heavy atom. The van der Waals surface area contributed by atoms with E-state index in [0.29, 0.717) is 21.8 Å². The molecule has 0 bridgehead atoms. The van der Waals surface area contributed by atoms with Crippen LogP contribution in [0.4, 0.5) is 0 Å². The van der Waals surface area contributed by atoms with Crippen molar-refractivity contribution < 1.29 is 18.0 Å². The van der Waals surface area contributed by atoms with Gasteiger partial charge in [0.05, 0.1) is 10.6 Å². The molecule has 0 unspecified atom stereocenters. The number of thiophene rings is 1. The van der Waals surface area contributed by atoms with E-state index in [-0.39, 0.29) is 28.0 Å². The minimum Gasteiger partial charge on any atom is -0.349 e. The van der Waals surface area contributed by atoms with Crippen molar-refractivity contribution in [2.24, 2.45) is 4.40 Å². The summed E-state index contributed by atoms with van der Waals surface area (Å²) in [5, 5.41) is 1.67. The van der Waals surface area contributed by atoms with Crippen molar-refractivity contribution in [2.75, 3.05) is 19.8 Å². The summed E-state index contributed by atoms with van der Waals surface area (Å²) in [6.45, 7) is 0. The molecule has 1 aromatic heterocycles. The number of nitrogens with zero attached hydrogens (tertiary/aromatic N) is 2. The molecule has 0 radical (unpaired) electrons. The highest BCUT2D eigenvalue weighted by Gasteiger charge is 2.26. The Labute approximate surface area is 172 Å². The van der Waals surface area contributed by atoms with Gasteiger partial charge in [-0.1, -0.05) is 30.3 Å². The van der Waals surface area contributed by atoms with E-state index in [9.17, 15) is 18.0 Å². The monoisotopic (exact) mass is 434 g/mol. The summed E-state index contributed by atoms with van der Waals surface area (Å²) in [5.41, 5.74) is 1.12. The van der Waals surface area contributed by atoms with E-state index < -0.39 is 10.0 Å². The first-order chi connectivity index (χ1) is 13.3. The van der Waals surface area contributed by atoms with Crippen molar-refractivity contribution in [3.05, 3.63) is 63.9 Å². The molecule has 0 N–H and O–H groups in total. The first-order valence-electron chi connectivity index (χ1n) is 8.37. The lowest BCUT2D eigenvalue weighted by Crippen LogP contribution is -2.22. The number of carbonyl (C=O) groups is 2. The van der Waals surface area contributed by atoms with Gasteiger partial charge in [-0.25, -0.2) is 0 Å². The number of ketones is 1. The van der Waals surface area contributed by atoms with Crippen LogP contribution in [-0.4, -0.2) is 50.6 Å². The number of hydrogen-bond donors (Lipinski definition) is 0. The van der Waals surface area contributed by atoms with Gasteiger partial charge in [0.2, 0.25) is 5.91 Å². The largest absolute Gasteiger partial charge is 0.349 e. The maximum Gasteiger partial charge on any atom is 0.292 e. The van der Waals surface area contributed by atoms with Crippen molar-refractivity contribution in [3.63, 3.8) is 0 Å². The fraction of sp³-hybridized carbons (Fsp3) is 0.211. The van der Waals surface area contributed by atoms with Gasteiger partial charge in [0.25, 0.3) is 10.0 Å². The summed E-state index contributed by atoms with van der Waals surface area (Å²) >= 11 is 2.32. The zero-order chi connectivity index (χ0) is 20.3. The molecule has 1 aliphatic carbocycles. The second-order valence-electron chi connectivity index (χ2n) is 6.15. The molecule has 0 aliphatic heterocycles. The Hall–Kier alpha value is -2.23. The number of allylic oxidation sites excluding steroid dienone is 2. The molecule has 0 spiro atoms. The fourth-order valence-electron chi connectivity index (χ4n) is 2.54. The summed E-state index contributed by atoms with van der Waals surface area (Å²) in [6.07, 6.45) is 1.78. The molecule has 1 aliphatic rings. The number of thioether (sulfide) groups is 1. The van der Waals surface area contributed by atoms with Crippen LogP contribution in [0.2, 0.25) is 0 Å². The number of Topliss-reactive ketones (excluding diaryl/α,β-unsaturated/α-hetero) is 1. The summed E-state index contributed by atoms with van der Waals surface area (Å²) in [5.74, 6) is 0.193. The third kappa shape index (κ3) is 4.43. The van der Waals surface area contributed by atoms with E-state index in [4.69, 9.17) is 0 Å². The first kappa shape index (κ1) is 20.5. The molecular weight excluding hydrogens is 416 g/mol. The quantitative estimate of drug-likeness (QED) is 0.697. The van der Waals surface area contributed by atoms with Crippen LogP contribution in [0.25, 0.3) is 0 Å². The molecule has 146 valence electrons. The molecule has 1 amide bonds. The van der Waals surface area contributed by atoms with Gasteiger partial charge in [0.1, 0.15) is 4.21 Å². The van der Waals surface area contributed by atoms with Crippen molar-refractivity contribution in [2.45, 2.75) is 10.6 Å². The second kappa shape index (κ2) is 8.42. The molecule has 0 atom stereocenters. The predicted molar refractivity (Wildman–Crippen MR) is 113 cm³/mol. The van der Waals surface area contributed by atoms with Crippen LogP contribution in [0.3, 0.4) is 0 Å². The number of carbonyl (C=O) groups excluding carboxylic acids is 2. The van der Waals surface area contributed by atoms with Gasteiger partial charge < -0.3 is 4.90 Å². The lowest BCUT2D eigenvalue weighted by atomic mass is 9.94. The Balaban J connectivity index is 1.95. The highest BCUT2D eigenvalue weighted by molar-refractivity contribution is 8.04. The van der Waals surface area contributed by atoms with Gasteiger partial charge in [0.15, 0.2) is 5.78 Å². The van der Waals surface area contributed by atoms with Crippen LogP contribution in [-0.2, 0) is 14.8 Å². The minimum absolute atomic E-state index is 0.0362. The lowest BCUT2D eigenvalue weighted by molar-refractivity contribution is -0.128. The van der Waals surface area contributed by atoms with Crippen molar-refractivity contribution in [1.82, 2.24) is 4.90 Å².